The highest BCUT2D eigenvalue weighted by atomic mass is 35.5. The van der Waals surface area contributed by atoms with Crippen LogP contribution in [0.25, 0.3) is 0 Å². The van der Waals surface area contributed by atoms with Crippen LogP contribution in [0.4, 0.5) is 0 Å². The predicted molar refractivity (Wildman–Crippen MR) is 100 cm³/mol. The zero-order chi connectivity index (χ0) is 17.2. The van der Waals surface area contributed by atoms with Gasteiger partial charge in [-0.3, -0.25) is 9.59 Å². The second-order valence-electron chi connectivity index (χ2n) is 7.12. The van der Waals surface area contributed by atoms with Gasteiger partial charge in [0.2, 0.25) is 11.8 Å². The summed E-state index contributed by atoms with van der Waals surface area (Å²) >= 11 is 0. The van der Waals surface area contributed by atoms with E-state index in [4.69, 9.17) is 0 Å². The lowest BCUT2D eigenvalue weighted by molar-refractivity contribution is -0.130. The smallest absolute Gasteiger partial charge is 0.242 e. The van der Waals surface area contributed by atoms with Crippen molar-refractivity contribution in [3.8, 4) is 0 Å². The number of nitrogens with zero attached hydrogens (tertiary/aromatic N) is 1. The van der Waals surface area contributed by atoms with Gasteiger partial charge in [0.1, 0.15) is 6.04 Å². The van der Waals surface area contributed by atoms with Gasteiger partial charge < -0.3 is 20.9 Å². The maximum Gasteiger partial charge on any atom is 0.242 e. The largest absolute Gasteiger partial charge is 0.354 e. The molecule has 0 spiro atoms. The molecule has 2 amide bonds. The zero-order valence-electron chi connectivity index (χ0n) is 15.6. The van der Waals surface area contributed by atoms with E-state index in [1.807, 2.05) is 27.7 Å². The molecule has 6 nitrogen and oxygen atoms in total. The van der Waals surface area contributed by atoms with E-state index in [2.05, 4.69) is 20.9 Å². The molecule has 0 aliphatic carbocycles. The molecule has 1 heterocycles. The highest BCUT2D eigenvalue weighted by Gasteiger charge is 2.24. The SMILES string of the molecule is CC(C)CC(=O)NC(C(=O)NCCCN1CCNCC1)C(C)C.Cl. The number of hydrogen-bond acceptors (Lipinski definition) is 4. The van der Waals surface area contributed by atoms with Crippen LogP contribution in [0.5, 0.6) is 0 Å². The van der Waals surface area contributed by atoms with Crippen molar-refractivity contribution in [1.82, 2.24) is 20.9 Å². The van der Waals surface area contributed by atoms with Crippen molar-refractivity contribution < 1.29 is 9.59 Å². The third-order valence-corrected chi connectivity index (χ3v) is 4.02. The van der Waals surface area contributed by atoms with Gasteiger partial charge in [0.05, 0.1) is 0 Å². The second kappa shape index (κ2) is 12.5. The molecular weight excluding hydrogens is 328 g/mol. The lowest BCUT2D eigenvalue weighted by Gasteiger charge is -2.27. The Morgan fingerprint density at radius 1 is 1.12 bits per heavy atom. The molecule has 7 heteroatoms. The number of carbonyl (C=O) groups is 2. The summed E-state index contributed by atoms with van der Waals surface area (Å²) < 4.78 is 0. The summed E-state index contributed by atoms with van der Waals surface area (Å²) in [6, 6.07) is -0.444. The van der Waals surface area contributed by atoms with Crippen LogP contribution in [0.2, 0.25) is 0 Å². The molecule has 1 aliphatic rings. The van der Waals surface area contributed by atoms with Crippen molar-refractivity contribution in [2.75, 3.05) is 39.3 Å². The number of amides is 2. The summed E-state index contributed by atoms with van der Waals surface area (Å²) in [6.07, 6.45) is 1.40. The zero-order valence-corrected chi connectivity index (χ0v) is 16.4. The van der Waals surface area contributed by atoms with Crippen molar-refractivity contribution in [3.63, 3.8) is 0 Å². The minimum absolute atomic E-state index is 0. The Kier molecular flexibility index (Phi) is 12.1. The average molecular weight is 363 g/mol. The van der Waals surface area contributed by atoms with Gasteiger partial charge in [-0.25, -0.2) is 0 Å². The van der Waals surface area contributed by atoms with Crippen LogP contribution < -0.4 is 16.0 Å². The number of carbonyl (C=O) groups excluding carboxylic acids is 2. The highest BCUT2D eigenvalue weighted by Crippen LogP contribution is 2.05. The van der Waals surface area contributed by atoms with E-state index in [9.17, 15) is 9.59 Å². The number of halogens is 1. The van der Waals surface area contributed by atoms with Gasteiger partial charge in [0.15, 0.2) is 0 Å². The minimum atomic E-state index is -0.444. The lowest BCUT2D eigenvalue weighted by Crippen LogP contribution is -2.50. The van der Waals surface area contributed by atoms with Crippen LogP contribution in [-0.2, 0) is 9.59 Å². The molecule has 1 saturated heterocycles. The van der Waals surface area contributed by atoms with Gasteiger partial charge in [0, 0.05) is 39.1 Å². The number of nitrogens with one attached hydrogen (secondary N) is 3. The molecular formula is C17H35ClN4O2. The monoisotopic (exact) mass is 362 g/mol. The van der Waals surface area contributed by atoms with Crippen LogP contribution in [0.1, 0.15) is 40.5 Å². The van der Waals surface area contributed by atoms with E-state index in [0.29, 0.717) is 18.9 Å². The number of piperazine rings is 1. The fourth-order valence-electron chi connectivity index (χ4n) is 2.70. The van der Waals surface area contributed by atoms with Crippen molar-refractivity contribution in [3.05, 3.63) is 0 Å². The van der Waals surface area contributed by atoms with E-state index < -0.39 is 6.04 Å². The molecule has 24 heavy (non-hydrogen) atoms. The Hall–Kier alpha value is -0.850. The third kappa shape index (κ3) is 9.45. The van der Waals surface area contributed by atoms with Gasteiger partial charge >= 0.3 is 0 Å². The maximum atomic E-state index is 12.3. The van der Waals surface area contributed by atoms with E-state index in [1.165, 1.54) is 0 Å². The van der Waals surface area contributed by atoms with Crippen LogP contribution in [0.3, 0.4) is 0 Å². The Morgan fingerprint density at radius 2 is 1.75 bits per heavy atom. The quantitative estimate of drug-likeness (QED) is 0.535. The van der Waals surface area contributed by atoms with Crippen molar-refractivity contribution in [2.45, 2.75) is 46.6 Å². The molecule has 1 atom stereocenters. The minimum Gasteiger partial charge on any atom is -0.354 e. The first-order valence-corrected chi connectivity index (χ1v) is 8.90. The number of hydrogen-bond donors (Lipinski definition) is 3. The molecule has 0 saturated carbocycles. The first kappa shape index (κ1) is 23.1. The lowest BCUT2D eigenvalue weighted by atomic mass is 10.0. The van der Waals surface area contributed by atoms with Gasteiger partial charge in [-0.1, -0.05) is 27.7 Å². The molecule has 0 aromatic carbocycles. The summed E-state index contributed by atoms with van der Waals surface area (Å²) in [6.45, 7) is 13.8. The molecule has 0 aromatic rings. The van der Waals surface area contributed by atoms with Crippen molar-refractivity contribution in [1.29, 1.82) is 0 Å². The fourth-order valence-corrected chi connectivity index (χ4v) is 2.70. The Labute approximate surface area is 152 Å². The first-order valence-electron chi connectivity index (χ1n) is 8.90. The van der Waals surface area contributed by atoms with E-state index >= 15 is 0 Å². The van der Waals surface area contributed by atoms with Gasteiger partial charge in [-0.05, 0) is 24.8 Å². The molecule has 0 radical (unpaired) electrons. The normalized spacial score (nSPS) is 16.6. The van der Waals surface area contributed by atoms with E-state index in [-0.39, 0.29) is 30.1 Å². The Balaban J connectivity index is 0.00000529. The van der Waals surface area contributed by atoms with Crippen LogP contribution in [0, 0.1) is 11.8 Å². The van der Waals surface area contributed by atoms with Gasteiger partial charge in [-0.15, -0.1) is 12.4 Å². The molecule has 1 fully saturated rings. The predicted octanol–water partition coefficient (Wildman–Crippen LogP) is 1.01. The summed E-state index contributed by atoms with van der Waals surface area (Å²) in [7, 11) is 0. The molecule has 1 unspecified atom stereocenters. The molecule has 1 rings (SSSR count). The second-order valence-corrected chi connectivity index (χ2v) is 7.12. The van der Waals surface area contributed by atoms with Crippen molar-refractivity contribution in [2.24, 2.45) is 11.8 Å². The topological polar surface area (TPSA) is 73.5 Å². The van der Waals surface area contributed by atoms with E-state index in [0.717, 1.165) is 39.1 Å². The third-order valence-electron chi connectivity index (χ3n) is 4.02. The van der Waals surface area contributed by atoms with Crippen LogP contribution in [-0.4, -0.2) is 62.0 Å². The first-order chi connectivity index (χ1) is 10.9. The van der Waals surface area contributed by atoms with Gasteiger partial charge in [-0.2, -0.15) is 0 Å². The van der Waals surface area contributed by atoms with Crippen LogP contribution >= 0.6 is 12.4 Å². The van der Waals surface area contributed by atoms with Gasteiger partial charge in [0.25, 0.3) is 0 Å². The van der Waals surface area contributed by atoms with Crippen LogP contribution in [0.15, 0.2) is 0 Å². The average Bonchev–Trinajstić information content (AvgIpc) is 2.49. The summed E-state index contributed by atoms with van der Waals surface area (Å²) in [5.74, 6) is 0.260. The standard InChI is InChI=1S/C17H34N4O2.ClH/c1-13(2)12-15(22)20-16(14(3)4)17(23)19-6-5-9-21-10-7-18-8-11-21;/h13-14,16,18H,5-12H2,1-4H3,(H,19,23)(H,20,22);1H. The summed E-state index contributed by atoms with van der Waals surface area (Å²) in [5.41, 5.74) is 0. The molecule has 0 aromatic heterocycles. The molecule has 142 valence electrons. The Bertz CT molecular complexity index is 372. The molecule has 0 bridgehead atoms. The van der Waals surface area contributed by atoms with Crippen molar-refractivity contribution >= 4 is 24.2 Å². The fraction of sp³-hybridized carbons (Fsp3) is 0.882. The van der Waals surface area contributed by atoms with E-state index in [1.54, 1.807) is 0 Å². The summed E-state index contributed by atoms with van der Waals surface area (Å²) in [4.78, 5) is 26.6. The molecule has 3 N–H and O–H groups in total. The Morgan fingerprint density at radius 3 is 2.29 bits per heavy atom. The highest BCUT2D eigenvalue weighted by molar-refractivity contribution is 5.87. The maximum absolute atomic E-state index is 12.3. The molecule has 1 aliphatic heterocycles. The summed E-state index contributed by atoms with van der Waals surface area (Å²) in [5, 5.41) is 9.17. The number of rotatable bonds is 9.